The summed E-state index contributed by atoms with van der Waals surface area (Å²) in [4.78, 5) is 15.9. The number of carbonyl (C=O) groups is 1. The lowest BCUT2D eigenvalue weighted by Gasteiger charge is -2.10. The molecule has 6 heteroatoms. The lowest BCUT2D eigenvalue weighted by Crippen LogP contribution is -2.34. The Balaban J connectivity index is 2.06. The number of urea groups is 1. The number of benzene rings is 1. The molecular weight excluding hydrogens is 268 g/mol. The molecule has 1 aromatic carbocycles. The highest BCUT2D eigenvalue weighted by Gasteiger charge is 2.11. The molecule has 2 aromatic rings. The number of hydrogen-bond donors (Lipinski definition) is 2. The van der Waals surface area contributed by atoms with E-state index in [0.29, 0.717) is 17.4 Å². The van der Waals surface area contributed by atoms with Crippen LogP contribution in [-0.4, -0.2) is 22.2 Å². The number of carbonyl (C=O) groups excluding carboxylic acids is 1. The summed E-state index contributed by atoms with van der Waals surface area (Å²) < 4.78 is 5.22. The first-order valence-corrected chi connectivity index (χ1v) is 6.97. The fraction of sp³-hybridized carbons (Fsp3) is 0.400. The fourth-order valence-electron chi connectivity index (χ4n) is 1.71. The average Bonchev–Trinajstić information content (AvgIpc) is 2.88. The van der Waals surface area contributed by atoms with Crippen molar-refractivity contribution in [3.05, 3.63) is 30.1 Å². The summed E-state index contributed by atoms with van der Waals surface area (Å²) in [5, 5.41) is 9.45. The van der Waals surface area contributed by atoms with E-state index in [2.05, 4.69) is 20.8 Å². The molecule has 0 radical (unpaired) electrons. The summed E-state index contributed by atoms with van der Waals surface area (Å²) in [6.45, 7) is 7.83. The quantitative estimate of drug-likeness (QED) is 0.903. The topological polar surface area (TPSA) is 80.0 Å². The van der Waals surface area contributed by atoms with Crippen LogP contribution in [0, 0.1) is 0 Å². The second-order valence-corrected chi connectivity index (χ2v) is 5.44. The number of hydrogen-bond acceptors (Lipinski definition) is 4. The van der Waals surface area contributed by atoms with Gasteiger partial charge in [-0.15, -0.1) is 0 Å². The molecule has 0 aliphatic rings. The second kappa shape index (κ2) is 6.39. The van der Waals surface area contributed by atoms with Gasteiger partial charge in [0.2, 0.25) is 0 Å². The third-order valence-corrected chi connectivity index (χ3v) is 2.77. The maximum Gasteiger partial charge on any atom is 0.319 e. The van der Waals surface area contributed by atoms with E-state index in [1.54, 1.807) is 12.1 Å². The van der Waals surface area contributed by atoms with Crippen LogP contribution in [-0.2, 0) is 0 Å². The number of nitrogens with zero attached hydrogens (tertiary/aromatic N) is 2. The number of nitrogens with one attached hydrogen (secondary N) is 2. The van der Waals surface area contributed by atoms with Crippen molar-refractivity contribution in [1.82, 2.24) is 15.5 Å². The van der Waals surface area contributed by atoms with Crippen molar-refractivity contribution in [2.75, 3.05) is 5.32 Å². The Morgan fingerprint density at radius 3 is 2.33 bits per heavy atom. The number of amides is 2. The molecule has 2 rings (SSSR count). The van der Waals surface area contributed by atoms with Gasteiger partial charge in [-0.05, 0) is 38.1 Å². The van der Waals surface area contributed by atoms with Crippen LogP contribution in [0.2, 0.25) is 0 Å². The van der Waals surface area contributed by atoms with Crippen molar-refractivity contribution in [3.8, 4) is 11.5 Å². The molecule has 0 aliphatic carbocycles. The van der Waals surface area contributed by atoms with Crippen molar-refractivity contribution in [3.63, 3.8) is 0 Å². The zero-order valence-corrected chi connectivity index (χ0v) is 12.7. The number of aromatic nitrogens is 2. The summed E-state index contributed by atoms with van der Waals surface area (Å²) >= 11 is 0. The Bertz CT molecular complexity index is 602. The van der Waals surface area contributed by atoms with Gasteiger partial charge in [-0.2, -0.15) is 4.98 Å². The van der Waals surface area contributed by atoms with E-state index >= 15 is 0 Å². The van der Waals surface area contributed by atoms with Crippen molar-refractivity contribution in [2.24, 2.45) is 0 Å². The Kier molecular flexibility index (Phi) is 4.57. The van der Waals surface area contributed by atoms with Gasteiger partial charge in [0.05, 0.1) is 0 Å². The van der Waals surface area contributed by atoms with Gasteiger partial charge in [0.15, 0.2) is 5.82 Å². The smallest absolute Gasteiger partial charge is 0.319 e. The summed E-state index contributed by atoms with van der Waals surface area (Å²) in [5.41, 5.74) is 1.53. The van der Waals surface area contributed by atoms with Gasteiger partial charge >= 0.3 is 6.03 Å². The molecule has 0 atom stereocenters. The van der Waals surface area contributed by atoms with Crippen molar-refractivity contribution in [1.29, 1.82) is 0 Å². The molecule has 6 nitrogen and oxygen atoms in total. The van der Waals surface area contributed by atoms with Crippen LogP contribution < -0.4 is 10.6 Å². The van der Waals surface area contributed by atoms with E-state index in [4.69, 9.17) is 4.52 Å². The summed E-state index contributed by atoms with van der Waals surface area (Å²) in [6, 6.07) is 7.14. The second-order valence-electron chi connectivity index (χ2n) is 5.44. The van der Waals surface area contributed by atoms with Crippen LogP contribution in [0.1, 0.15) is 39.4 Å². The van der Waals surface area contributed by atoms with Crippen LogP contribution in [0.4, 0.5) is 10.5 Å². The zero-order chi connectivity index (χ0) is 15.4. The molecule has 2 N–H and O–H groups in total. The van der Waals surface area contributed by atoms with E-state index in [1.165, 1.54) is 0 Å². The third-order valence-electron chi connectivity index (χ3n) is 2.77. The predicted octanol–water partition coefficient (Wildman–Crippen LogP) is 3.39. The minimum absolute atomic E-state index is 0.0946. The molecule has 0 saturated heterocycles. The summed E-state index contributed by atoms with van der Waals surface area (Å²) in [6.07, 6.45) is 0. The van der Waals surface area contributed by atoms with Crippen LogP contribution in [0.5, 0.6) is 0 Å². The Morgan fingerprint density at radius 2 is 1.81 bits per heavy atom. The molecule has 0 spiro atoms. The van der Waals surface area contributed by atoms with Gasteiger partial charge in [-0.25, -0.2) is 4.79 Å². The largest absolute Gasteiger partial charge is 0.336 e. The fourth-order valence-corrected chi connectivity index (χ4v) is 1.71. The summed E-state index contributed by atoms with van der Waals surface area (Å²) in [5.74, 6) is 1.39. The van der Waals surface area contributed by atoms with Crippen molar-refractivity contribution >= 4 is 11.7 Å². The standard InChI is InChI=1S/C15H20N4O2/c1-9(2)13-18-14(21-19-13)11-5-7-12(8-6-11)17-15(20)16-10(3)4/h5-10H,1-4H3,(H2,16,17,20). The molecule has 0 unspecified atom stereocenters. The SMILES string of the molecule is CC(C)NC(=O)Nc1ccc(-c2nc(C(C)C)no2)cc1. The molecule has 0 saturated carbocycles. The number of rotatable bonds is 4. The predicted molar refractivity (Wildman–Crippen MR) is 81.1 cm³/mol. The Morgan fingerprint density at radius 1 is 1.14 bits per heavy atom. The molecule has 112 valence electrons. The Hall–Kier alpha value is -2.37. The van der Waals surface area contributed by atoms with E-state index < -0.39 is 0 Å². The van der Waals surface area contributed by atoms with E-state index in [1.807, 2.05) is 39.8 Å². The molecule has 1 aromatic heterocycles. The maximum absolute atomic E-state index is 11.6. The molecule has 21 heavy (non-hydrogen) atoms. The van der Waals surface area contributed by atoms with Gasteiger partial charge in [-0.3, -0.25) is 0 Å². The molecule has 0 aliphatic heterocycles. The lowest BCUT2D eigenvalue weighted by molar-refractivity contribution is 0.250. The minimum atomic E-state index is -0.224. The van der Waals surface area contributed by atoms with Crippen LogP contribution >= 0.6 is 0 Å². The normalized spacial score (nSPS) is 11.0. The Labute approximate surface area is 123 Å². The van der Waals surface area contributed by atoms with Crippen LogP contribution in [0.3, 0.4) is 0 Å². The average molecular weight is 288 g/mol. The summed E-state index contributed by atoms with van der Waals surface area (Å²) in [7, 11) is 0. The van der Waals surface area contributed by atoms with Crippen molar-refractivity contribution in [2.45, 2.75) is 39.7 Å². The molecule has 0 fully saturated rings. The van der Waals surface area contributed by atoms with Crippen molar-refractivity contribution < 1.29 is 9.32 Å². The molecule has 2 amide bonds. The van der Waals surface area contributed by atoms with Crippen LogP contribution in [0.15, 0.2) is 28.8 Å². The first-order chi connectivity index (χ1) is 9.95. The minimum Gasteiger partial charge on any atom is -0.336 e. The van der Waals surface area contributed by atoms with Gasteiger partial charge in [0, 0.05) is 23.2 Å². The lowest BCUT2D eigenvalue weighted by atomic mass is 10.2. The van der Waals surface area contributed by atoms with E-state index in [9.17, 15) is 4.79 Å². The zero-order valence-electron chi connectivity index (χ0n) is 12.7. The van der Waals surface area contributed by atoms with Gasteiger partial charge in [0.25, 0.3) is 5.89 Å². The molecular formula is C15H20N4O2. The van der Waals surface area contributed by atoms with E-state index in [-0.39, 0.29) is 18.0 Å². The number of anilines is 1. The monoisotopic (exact) mass is 288 g/mol. The highest BCUT2D eigenvalue weighted by molar-refractivity contribution is 5.89. The van der Waals surface area contributed by atoms with Crippen LogP contribution in [0.25, 0.3) is 11.5 Å². The maximum atomic E-state index is 11.6. The highest BCUT2D eigenvalue weighted by atomic mass is 16.5. The first kappa shape index (κ1) is 15.0. The van der Waals surface area contributed by atoms with Gasteiger partial charge in [-0.1, -0.05) is 19.0 Å². The van der Waals surface area contributed by atoms with E-state index in [0.717, 1.165) is 5.56 Å². The third kappa shape index (κ3) is 4.05. The first-order valence-electron chi connectivity index (χ1n) is 6.97. The van der Waals surface area contributed by atoms with Gasteiger partial charge in [0.1, 0.15) is 0 Å². The molecule has 0 bridgehead atoms. The molecule has 1 heterocycles. The van der Waals surface area contributed by atoms with Gasteiger partial charge < -0.3 is 15.2 Å². The highest BCUT2D eigenvalue weighted by Crippen LogP contribution is 2.21.